The van der Waals surface area contributed by atoms with E-state index in [2.05, 4.69) is 20.2 Å². The van der Waals surface area contributed by atoms with Gasteiger partial charge in [-0.1, -0.05) is 6.92 Å². The molecule has 0 aliphatic heterocycles. The van der Waals surface area contributed by atoms with E-state index in [1.807, 2.05) is 41.9 Å². The number of aromatic nitrogens is 2. The normalized spacial score (nSPS) is 12.6. The van der Waals surface area contributed by atoms with Crippen LogP contribution in [0.1, 0.15) is 25.2 Å². The lowest BCUT2D eigenvalue weighted by Crippen LogP contribution is -2.28. The third kappa shape index (κ3) is 3.84. The van der Waals surface area contributed by atoms with Crippen LogP contribution in [0.5, 0.6) is 5.88 Å². The molecule has 0 saturated heterocycles. The Bertz CT molecular complexity index is 393. The maximum Gasteiger partial charge on any atom is 0.222 e. The van der Waals surface area contributed by atoms with Crippen molar-refractivity contribution in [1.82, 2.24) is 14.9 Å². The average Bonchev–Trinajstić information content (AvgIpc) is 2.30. The summed E-state index contributed by atoms with van der Waals surface area (Å²) in [6, 6.07) is 0. The number of nitrogens with one attached hydrogen (secondary N) is 1. The second-order valence-electron chi connectivity index (χ2n) is 4.71. The molecule has 1 unspecified atom stereocenters. The Kier molecular flexibility index (Phi) is 5.34. The van der Waals surface area contributed by atoms with E-state index < -0.39 is 0 Å². The maximum atomic E-state index is 5.91. The first-order valence-corrected chi connectivity index (χ1v) is 6.34. The molecule has 0 fully saturated rings. The molecule has 1 N–H and O–H groups in total. The summed E-state index contributed by atoms with van der Waals surface area (Å²) in [5.74, 6) is 2.33. The molecule has 1 aromatic rings. The summed E-state index contributed by atoms with van der Waals surface area (Å²) in [7, 11) is 5.92. The van der Waals surface area contributed by atoms with E-state index >= 15 is 0 Å². The number of hydrogen-bond acceptors (Lipinski definition) is 5. The van der Waals surface area contributed by atoms with Crippen LogP contribution in [-0.4, -0.2) is 48.7 Å². The van der Waals surface area contributed by atoms with E-state index in [4.69, 9.17) is 4.74 Å². The lowest BCUT2D eigenvalue weighted by Gasteiger charge is -2.20. The second kappa shape index (κ2) is 6.54. The van der Waals surface area contributed by atoms with Gasteiger partial charge >= 0.3 is 0 Å². The summed E-state index contributed by atoms with van der Waals surface area (Å²) in [4.78, 5) is 11.0. The van der Waals surface area contributed by atoms with Gasteiger partial charge in [-0.3, -0.25) is 0 Å². The number of rotatable bonds is 6. The molecule has 18 heavy (non-hydrogen) atoms. The van der Waals surface area contributed by atoms with Crippen LogP contribution in [0.15, 0.2) is 0 Å². The zero-order chi connectivity index (χ0) is 13.7. The Morgan fingerprint density at radius 1 is 1.33 bits per heavy atom. The molecule has 0 spiro atoms. The van der Waals surface area contributed by atoms with Gasteiger partial charge in [0.2, 0.25) is 5.88 Å². The molecule has 0 aliphatic rings. The molecule has 1 aromatic heterocycles. The van der Waals surface area contributed by atoms with Crippen LogP contribution in [0.4, 0.5) is 5.82 Å². The minimum absolute atomic E-state index is 0.100. The van der Waals surface area contributed by atoms with Crippen molar-refractivity contribution in [3.63, 3.8) is 0 Å². The molecule has 0 amide bonds. The predicted molar refractivity (Wildman–Crippen MR) is 74.3 cm³/mol. The van der Waals surface area contributed by atoms with Gasteiger partial charge in [-0.2, -0.15) is 4.98 Å². The molecule has 1 atom stereocenters. The molecule has 0 saturated carbocycles. The topological polar surface area (TPSA) is 50.3 Å². The van der Waals surface area contributed by atoms with Gasteiger partial charge in [-0.15, -0.1) is 0 Å². The van der Waals surface area contributed by atoms with E-state index in [1.54, 1.807) is 0 Å². The summed E-state index contributed by atoms with van der Waals surface area (Å²) >= 11 is 0. The van der Waals surface area contributed by atoms with Gasteiger partial charge in [-0.25, -0.2) is 4.98 Å². The van der Waals surface area contributed by atoms with E-state index in [0.29, 0.717) is 5.88 Å². The number of anilines is 1. The van der Waals surface area contributed by atoms with Crippen LogP contribution in [0.2, 0.25) is 0 Å². The monoisotopic (exact) mass is 252 g/mol. The van der Waals surface area contributed by atoms with Crippen molar-refractivity contribution in [1.29, 1.82) is 0 Å². The Labute approximate surface area is 110 Å². The highest BCUT2D eigenvalue weighted by atomic mass is 16.5. The lowest BCUT2D eigenvalue weighted by atomic mass is 10.3. The molecule has 1 rings (SSSR count). The van der Waals surface area contributed by atoms with Crippen LogP contribution >= 0.6 is 0 Å². The van der Waals surface area contributed by atoms with Gasteiger partial charge in [0, 0.05) is 20.0 Å². The van der Waals surface area contributed by atoms with Crippen molar-refractivity contribution >= 4 is 5.82 Å². The minimum Gasteiger partial charge on any atom is -0.473 e. The second-order valence-corrected chi connectivity index (χ2v) is 4.71. The van der Waals surface area contributed by atoms with E-state index in [9.17, 15) is 0 Å². The van der Waals surface area contributed by atoms with Crippen molar-refractivity contribution in [2.75, 3.05) is 33.0 Å². The number of aryl methyl sites for hydroxylation is 1. The van der Waals surface area contributed by atoms with Gasteiger partial charge in [-0.05, 0) is 27.9 Å². The van der Waals surface area contributed by atoms with E-state index in [0.717, 1.165) is 30.2 Å². The third-order valence-corrected chi connectivity index (χ3v) is 2.64. The summed E-state index contributed by atoms with van der Waals surface area (Å²) in [5, 5.41) is 3.08. The van der Waals surface area contributed by atoms with Crippen LogP contribution in [-0.2, 0) is 6.42 Å². The van der Waals surface area contributed by atoms with Gasteiger partial charge < -0.3 is 15.0 Å². The fourth-order valence-electron chi connectivity index (χ4n) is 1.80. The molecule has 0 bridgehead atoms. The molecule has 5 heteroatoms. The van der Waals surface area contributed by atoms with Crippen molar-refractivity contribution in [3.05, 3.63) is 11.4 Å². The molecule has 0 aliphatic carbocycles. The lowest BCUT2D eigenvalue weighted by molar-refractivity contribution is 0.169. The van der Waals surface area contributed by atoms with Crippen LogP contribution in [0.25, 0.3) is 0 Å². The first kappa shape index (κ1) is 14.7. The van der Waals surface area contributed by atoms with Crippen LogP contribution in [0.3, 0.4) is 0 Å². The van der Waals surface area contributed by atoms with Gasteiger partial charge in [0.15, 0.2) is 0 Å². The highest BCUT2D eigenvalue weighted by Crippen LogP contribution is 2.22. The van der Waals surface area contributed by atoms with Crippen molar-refractivity contribution in [2.45, 2.75) is 33.3 Å². The summed E-state index contributed by atoms with van der Waals surface area (Å²) in [5.41, 5.74) is 0.959. The Balaban J connectivity index is 2.93. The van der Waals surface area contributed by atoms with E-state index in [1.165, 1.54) is 0 Å². The zero-order valence-corrected chi connectivity index (χ0v) is 12.2. The number of hydrogen-bond donors (Lipinski definition) is 1. The van der Waals surface area contributed by atoms with E-state index in [-0.39, 0.29) is 6.10 Å². The van der Waals surface area contributed by atoms with Crippen LogP contribution < -0.4 is 10.1 Å². The molecule has 1 heterocycles. The third-order valence-electron chi connectivity index (χ3n) is 2.64. The van der Waals surface area contributed by atoms with Gasteiger partial charge in [0.1, 0.15) is 17.7 Å². The predicted octanol–water partition coefficient (Wildman–Crippen LogP) is 1.72. The van der Waals surface area contributed by atoms with Gasteiger partial charge in [0.05, 0.1) is 5.56 Å². The fourth-order valence-corrected chi connectivity index (χ4v) is 1.80. The Hall–Kier alpha value is -1.36. The SMILES string of the molecule is CCc1nc(NC)c(C)c(OC(C)CN(C)C)n1. The largest absolute Gasteiger partial charge is 0.473 e. The van der Waals surface area contributed by atoms with Crippen molar-refractivity contribution in [2.24, 2.45) is 0 Å². The summed E-state index contributed by atoms with van der Waals surface area (Å²) in [6.45, 7) is 6.92. The molecule has 102 valence electrons. The van der Waals surface area contributed by atoms with Crippen molar-refractivity contribution < 1.29 is 4.74 Å². The highest BCUT2D eigenvalue weighted by molar-refractivity contribution is 5.48. The average molecular weight is 252 g/mol. The first-order valence-electron chi connectivity index (χ1n) is 6.34. The first-order chi connectivity index (χ1) is 8.47. The zero-order valence-electron chi connectivity index (χ0n) is 12.2. The fraction of sp³-hybridized carbons (Fsp3) is 0.692. The minimum atomic E-state index is 0.100. The quantitative estimate of drug-likeness (QED) is 0.835. The molecule has 0 radical (unpaired) electrons. The number of likely N-dealkylation sites (N-methyl/N-ethyl adjacent to an activating group) is 1. The van der Waals surface area contributed by atoms with Crippen molar-refractivity contribution in [3.8, 4) is 5.88 Å². The molecule has 5 nitrogen and oxygen atoms in total. The van der Waals surface area contributed by atoms with Crippen LogP contribution in [0, 0.1) is 6.92 Å². The highest BCUT2D eigenvalue weighted by Gasteiger charge is 2.13. The molecule has 0 aromatic carbocycles. The smallest absolute Gasteiger partial charge is 0.222 e. The Morgan fingerprint density at radius 2 is 2.00 bits per heavy atom. The summed E-state index contributed by atoms with van der Waals surface area (Å²) < 4.78 is 5.91. The standard InChI is InChI=1S/C13H24N4O/c1-7-11-15-12(14-4)10(3)13(16-11)18-9(2)8-17(5)6/h9H,7-8H2,1-6H3,(H,14,15,16). The Morgan fingerprint density at radius 3 is 2.50 bits per heavy atom. The maximum absolute atomic E-state index is 5.91. The number of ether oxygens (including phenoxy) is 1. The molecular formula is C13H24N4O. The summed E-state index contributed by atoms with van der Waals surface area (Å²) in [6.07, 6.45) is 0.899. The van der Waals surface area contributed by atoms with Gasteiger partial charge in [0.25, 0.3) is 0 Å². The molecular weight excluding hydrogens is 228 g/mol. The number of nitrogens with zero attached hydrogens (tertiary/aromatic N) is 3.